The molecule has 1 aromatic rings. The van der Waals surface area contributed by atoms with Gasteiger partial charge < -0.3 is 14.8 Å². The first kappa shape index (κ1) is 15.9. The second-order valence-electron chi connectivity index (χ2n) is 4.56. The molecule has 0 saturated heterocycles. The van der Waals surface area contributed by atoms with E-state index in [0.29, 0.717) is 0 Å². The van der Waals surface area contributed by atoms with Gasteiger partial charge >= 0.3 is 5.97 Å². The molecule has 0 spiro atoms. The lowest BCUT2D eigenvalue weighted by atomic mass is 10.0. The second-order valence-corrected chi connectivity index (χ2v) is 4.56. The summed E-state index contributed by atoms with van der Waals surface area (Å²) in [5.41, 5.74) is 0. The fourth-order valence-corrected chi connectivity index (χ4v) is 1.55. The van der Waals surface area contributed by atoms with Gasteiger partial charge in [-0.25, -0.2) is 9.18 Å². The normalized spacial score (nSPS) is 11.8. The number of benzene rings is 1. The number of esters is 1. The van der Waals surface area contributed by atoms with Gasteiger partial charge in [0.2, 0.25) is 0 Å². The van der Waals surface area contributed by atoms with E-state index in [0.717, 1.165) is 0 Å². The van der Waals surface area contributed by atoms with Crippen LogP contribution < -0.4 is 10.1 Å². The van der Waals surface area contributed by atoms with Crippen LogP contribution in [0.3, 0.4) is 0 Å². The average molecular weight is 283 g/mol. The molecule has 0 unspecified atom stereocenters. The molecule has 1 aromatic carbocycles. The Kier molecular flexibility index (Phi) is 5.96. The van der Waals surface area contributed by atoms with Crippen LogP contribution in [0.5, 0.6) is 5.75 Å². The van der Waals surface area contributed by atoms with Gasteiger partial charge in [-0.3, -0.25) is 4.79 Å². The summed E-state index contributed by atoms with van der Waals surface area (Å²) in [4.78, 5) is 23.2. The van der Waals surface area contributed by atoms with Crippen molar-refractivity contribution >= 4 is 11.9 Å². The van der Waals surface area contributed by atoms with E-state index < -0.39 is 23.7 Å². The molecule has 20 heavy (non-hydrogen) atoms. The smallest absolute Gasteiger partial charge is 0.328 e. The highest BCUT2D eigenvalue weighted by Crippen LogP contribution is 2.11. The van der Waals surface area contributed by atoms with Crippen molar-refractivity contribution in [1.29, 1.82) is 0 Å². The van der Waals surface area contributed by atoms with Crippen LogP contribution in [0.15, 0.2) is 24.3 Å². The highest BCUT2D eigenvalue weighted by molar-refractivity contribution is 5.85. The van der Waals surface area contributed by atoms with Crippen molar-refractivity contribution < 1.29 is 23.5 Å². The molecule has 110 valence electrons. The zero-order valence-corrected chi connectivity index (χ0v) is 11.7. The van der Waals surface area contributed by atoms with E-state index in [1.807, 2.05) is 0 Å². The molecular formula is C14H18FNO4. The minimum absolute atomic E-state index is 0.111. The van der Waals surface area contributed by atoms with E-state index in [4.69, 9.17) is 4.74 Å². The van der Waals surface area contributed by atoms with Crippen molar-refractivity contribution in [2.45, 2.75) is 19.9 Å². The first-order chi connectivity index (χ1) is 9.43. The maximum atomic E-state index is 12.9. The number of carbonyl (C=O) groups excluding carboxylic acids is 2. The average Bonchev–Trinajstić information content (AvgIpc) is 2.41. The highest BCUT2D eigenvalue weighted by Gasteiger charge is 2.24. The summed E-state index contributed by atoms with van der Waals surface area (Å²) >= 11 is 0. The second kappa shape index (κ2) is 7.47. The third-order valence-electron chi connectivity index (χ3n) is 2.60. The predicted molar refractivity (Wildman–Crippen MR) is 70.7 cm³/mol. The molecule has 0 aliphatic rings. The van der Waals surface area contributed by atoms with Crippen molar-refractivity contribution in [3.63, 3.8) is 0 Å². The number of ether oxygens (including phenoxy) is 2. The van der Waals surface area contributed by atoms with Crippen LogP contribution in [0.1, 0.15) is 13.8 Å². The van der Waals surface area contributed by atoms with Crippen LogP contribution in [0.4, 0.5) is 4.39 Å². The standard InChI is InChI=1S/C14H18FNO4/c1-9(2)13(14(18)19-3)16-12(17)8-20-11-6-4-5-10(15)7-11/h4-7,9,13H,8H2,1-3H3,(H,16,17)/t13-/m0/s1. The van der Waals surface area contributed by atoms with Gasteiger partial charge in [0.15, 0.2) is 6.61 Å². The van der Waals surface area contributed by atoms with Gasteiger partial charge in [0.25, 0.3) is 5.91 Å². The number of halogens is 1. The molecule has 1 rings (SSSR count). The van der Waals surface area contributed by atoms with Crippen LogP contribution >= 0.6 is 0 Å². The van der Waals surface area contributed by atoms with Crippen molar-refractivity contribution in [3.8, 4) is 5.75 Å². The Morgan fingerprint density at radius 2 is 2.05 bits per heavy atom. The third kappa shape index (κ3) is 4.87. The van der Waals surface area contributed by atoms with Gasteiger partial charge in [0.05, 0.1) is 7.11 Å². The zero-order chi connectivity index (χ0) is 15.1. The van der Waals surface area contributed by atoms with Crippen LogP contribution in [0, 0.1) is 11.7 Å². The summed E-state index contributed by atoms with van der Waals surface area (Å²) in [5, 5.41) is 2.52. The Bertz CT molecular complexity index is 476. The van der Waals surface area contributed by atoms with E-state index in [2.05, 4.69) is 10.1 Å². The fraction of sp³-hybridized carbons (Fsp3) is 0.429. The molecule has 6 heteroatoms. The Labute approximate surface area is 117 Å². The lowest BCUT2D eigenvalue weighted by molar-refractivity contribution is -0.146. The first-order valence-corrected chi connectivity index (χ1v) is 6.19. The molecule has 1 amide bonds. The van der Waals surface area contributed by atoms with Crippen molar-refractivity contribution in [3.05, 3.63) is 30.1 Å². The Hall–Kier alpha value is -2.11. The van der Waals surface area contributed by atoms with Gasteiger partial charge in [-0.2, -0.15) is 0 Å². The van der Waals surface area contributed by atoms with Crippen molar-refractivity contribution in [2.75, 3.05) is 13.7 Å². The summed E-state index contributed by atoms with van der Waals surface area (Å²) in [6, 6.07) is 4.74. The number of carbonyl (C=O) groups is 2. The first-order valence-electron chi connectivity index (χ1n) is 6.19. The molecule has 5 nitrogen and oxygen atoms in total. The van der Waals surface area contributed by atoms with Crippen LogP contribution in [-0.2, 0) is 14.3 Å². The van der Waals surface area contributed by atoms with Gasteiger partial charge in [-0.15, -0.1) is 0 Å². The molecule has 1 N–H and O–H groups in total. The molecule has 0 radical (unpaired) electrons. The molecule has 0 heterocycles. The van der Waals surface area contributed by atoms with Gasteiger partial charge in [0.1, 0.15) is 17.6 Å². The predicted octanol–water partition coefficient (Wildman–Crippen LogP) is 1.52. The number of amides is 1. The third-order valence-corrected chi connectivity index (χ3v) is 2.60. The Morgan fingerprint density at radius 1 is 1.35 bits per heavy atom. The summed E-state index contributed by atoms with van der Waals surface area (Å²) in [7, 11) is 1.26. The SMILES string of the molecule is COC(=O)[C@@H](NC(=O)COc1cccc(F)c1)C(C)C. The van der Waals surface area contributed by atoms with E-state index in [9.17, 15) is 14.0 Å². The lowest BCUT2D eigenvalue weighted by Crippen LogP contribution is -2.46. The number of methoxy groups -OCH3 is 1. The molecule has 0 aromatic heterocycles. The number of hydrogen-bond donors (Lipinski definition) is 1. The van der Waals surface area contributed by atoms with Gasteiger partial charge in [-0.05, 0) is 18.1 Å². The molecule has 0 saturated carbocycles. The number of hydrogen-bond acceptors (Lipinski definition) is 4. The van der Waals surface area contributed by atoms with E-state index in [1.54, 1.807) is 13.8 Å². The minimum atomic E-state index is -0.733. The Balaban J connectivity index is 2.52. The topological polar surface area (TPSA) is 64.6 Å². The maximum Gasteiger partial charge on any atom is 0.328 e. The minimum Gasteiger partial charge on any atom is -0.484 e. The van der Waals surface area contributed by atoms with Crippen molar-refractivity contribution in [1.82, 2.24) is 5.32 Å². The fourth-order valence-electron chi connectivity index (χ4n) is 1.55. The lowest BCUT2D eigenvalue weighted by Gasteiger charge is -2.19. The van der Waals surface area contributed by atoms with E-state index in [1.165, 1.54) is 31.4 Å². The van der Waals surface area contributed by atoms with Crippen LogP contribution in [0.2, 0.25) is 0 Å². The number of rotatable bonds is 6. The Morgan fingerprint density at radius 3 is 2.60 bits per heavy atom. The number of nitrogens with one attached hydrogen (secondary N) is 1. The van der Waals surface area contributed by atoms with Crippen LogP contribution in [-0.4, -0.2) is 31.6 Å². The monoisotopic (exact) mass is 283 g/mol. The molecule has 0 fully saturated rings. The summed E-state index contributed by atoms with van der Waals surface area (Å²) in [6.07, 6.45) is 0. The van der Waals surface area contributed by atoms with E-state index >= 15 is 0 Å². The molecular weight excluding hydrogens is 265 g/mol. The molecule has 0 bridgehead atoms. The van der Waals surface area contributed by atoms with Crippen LogP contribution in [0.25, 0.3) is 0 Å². The van der Waals surface area contributed by atoms with Gasteiger partial charge in [0, 0.05) is 6.07 Å². The van der Waals surface area contributed by atoms with Gasteiger partial charge in [-0.1, -0.05) is 19.9 Å². The quantitative estimate of drug-likeness (QED) is 0.804. The summed E-state index contributed by atoms with van der Waals surface area (Å²) in [5.74, 6) is -1.30. The van der Waals surface area contributed by atoms with Crippen molar-refractivity contribution in [2.24, 2.45) is 5.92 Å². The molecule has 0 aliphatic heterocycles. The van der Waals surface area contributed by atoms with E-state index in [-0.39, 0.29) is 18.3 Å². The maximum absolute atomic E-state index is 12.9. The summed E-state index contributed by atoms with van der Waals surface area (Å²) < 4.78 is 22.7. The molecule has 1 atom stereocenters. The summed E-state index contributed by atoms with van der Waals surface area (Å²) in [6.45, 7) is 3.27. The highest BCUT2D eigenvalue weighted by atomic mass is 19.1. The molecule has 0 aliphatic carbocycles. The zero-order valence-electron chi connectivity index (χ0n) is 11.7. The largest absolute Gasteiger partial charge is 0.484 e.